The van der Waals surface area contributed by atoms with Crippen molar-refractivity contribution in [3.63, 3.8) is 0 Å². The lowest BCUT2D eigenvalue weighted by Gasteiger charge is -2.22. The first-order chi connectivity index (χ1) is 3.79. The Morgan fingerprint density at radius 2 is 1.44 bits per heavy atom. The maximum absolute atomic E-state index is 5.65. The van der Waals surface area contributed by atoms with E-state index in [4.69, 9.17) is 11.5 Å². The molecule has 0 aliphatic heterocycles. The topological polar surface area (TPSA) is 52.0 Å². The highest BCUT2D eigenvalue weighted by atomic mass is 35.5. The molecule has 1 aliphatic carbocycles. The molecule has 4 N–H and O–H groups in total. The van der Waals surface area contributed by atoms with Crippen molar-refractivity contribution in [2.75, 3.05) is 0 Å². The predicted octanol–water partition coefficient (Wildman–Crippen LogP) is 0.637. The number of hydrogen-bond donors (Lipinski definition) is 2. The van der Waals surface area contributed by atoms with Gasteiger partial charge >= 0.3 is 0 Å². The Labute approximate surface area is 62.4 Å². The Bertz CT molecular complexity index is 69.5. The molecule has 2 nitrogen and oxygen atoms in total. The van der Waals surface area contributed by atoms with Crippen LogP contribution in [0.15, 0.2) is 0 Å². The lowest BCUT2D eigenvalue weighted by atomic mass is 9.92. The Balaban J connectivity index is 0.000000640. The second kappa shape index (κ2) is 4.09. The molecular weight excluding hydrogens is 136 g/mol. The molecule has 2 unspecified atom stereocenters. The van der Waals surface area contributed by atoms with E-state index in [-0.39, 0.29) is 12.4 Å². The van der Waals surface area contributed by atoms with E-state index in [9.17, 15) is 0 Å². The molecule has 9 heavy (non-hydrogen) atoms. The first kappa shape index (κ1) is 9.21. The molecule has 56 valence electrons. The molecule has 1 fully saturated rings. The summed E-state index contributed by atoms with van der Waals surface area (Å²) in [6, 6.07) is 0.775. The molecule has 0 aromatic rings. The maximum atomic E-state index is 5.65. The lowest BCUT2D eigenvalue weighted by molar-refractivity contribution is 0.392. The van der Waals surface area contributed by atoms with Crippen LogP contribution in [0.25, 0.3) is 0 Å². The zero-order valence-corrected chi connectivity index (χ0v) is 6.36. The van der Waals surface area contributed by atoms with Crippen molar-refractivity contribution in [2.45, 2.75) is 37.8 Å². The minimum absolute atomic E-state index is 0. The molecule has 2 atom stereocenters. The quantitative estimate of drug-likeness (QED) is 0.533. The van der Waals surface area contributed by atoms with Crippen molar-refractivity contribution in [3.8, 4) is 0 Å². The van der Waals surface area contributed by atoms with Gasteiger partial charge in [0.1, 0.15) is 0 Å². The van der Waals surface area contributed by atoms with Crippen LogP contribution in [0, 0.1) is 0 Å². The van der Waals surface area contributed by atoms with Gasteiger partial charge in [0.15, 0.2) is 0 Å². The number of halogens is 1. The first-order valence-corrected chi connectivity index (χ1v) is 3.30. The van der Waals surface area contributed by atoms with E-state index < -0.39 is 0 Å². The minimum atomic E-state index is 0. The standard InChI is InChI=1S/C6H14N2.ClH/c7-5-2-1-3-6(8)4-5;/h5-6H,1-4,7-8H2;1H. The average Bonchev–Trinajstić information content (AvgIpc) is 1.64. The lowest BCUT2D eigenvalue weighted by Crippen LogP contribution is -2.35. The SMILES string of the molecule is Cl.NC1CCCC(N)C1. The number of nitrogens with two attached hydrogens (primary N) is 2. The van der Waals surface area contributed by atoms with E-state index in [1.165, 1.54) is 19.3 Å². The van der Waals surface area contributed by atoms with Crippen LogP contribution in [-0.2, 0) is 0 Å². The van der Waals surface area contributed by atoms with Gasteiger partial charge in [0, 0.05) is 12.1 Å². The Morgan fingerprint density at radius 3 is 1.67 bits per heavy atom. The second-order valence-electron chi connectivity index (χ2n) is 2.69. The summed E-state index contributed by atoms with van der Waals surface area (Å²) in [6.07, 6.45) is 4.60. The van der Waals surface area contributed by atoms with Gasteiger partial charge in [0.2, 0.25) is 0 Å². The average molecular weight is 151 g/mol. The van der Waals surface area contributed by atoms with E-state index in [1.54, 1.807) is 0 Å². The van der Waals surface area contributed by atoms with Crippen LogP contribution in [0.5, 0.6) is 0 Å². The largest absolute Gasteiger partial charge is 0.328 e. The van der Waals surface area contributed by atoms with Gasteiger partial charge in [-0.15, -0.1) is 12.4 Å². The van der Waals surface area contributed by atoms with Gasteiger partial charge in [-0.2, -0.15) is 0 Å². The van der Waals surface area contributed by atoms with E-state index in [2.05, 4.69) is 0 Å². The molecule has 0 aromatic carbocycles. The molecule has 1 aliphatic rings. The van der Waals surface area contributed by atoms with Crippen molar-refractivity contribution < 1.29 is 0 Å². The van der Waals surface area contributed by atoms with Crippen LogP contribution in [0.1, 0.15) is 25.7 Å². The third kappa shape index (κ3) is 3.04. The van der Waals surface area contributed by atoms with Crippen LogP contribution < -0.4 is 11.5 Å². The van der Waals surface area contributed by atoms with Crippen molar-refractivity contribution in [1.82, 2.24) is 0 Å². The zero-order chi connectivity index (χ0) is 5.98. The van der Waals surface area contributed by atoms with Gasteiger partial charge in [-0.05, 0) is 19.3 Å². The van der Waals surface area contributed by atoms with Crippen LogP contribution in [0.4, 0.5) is 0 Å². The summed E-state index contributed by atoms with van der Waals surface area (Å²) >= 11 is 0. The zero-order valence-electron chi connectivity index (χ0n) is 5.55. The van der Waals surface area contributed by atoms with Crippen molar-refractivity contribution >= 4 is 12.4 Å². The first-order valence-electron chi connectivity index (χ1n) is 3.30. The summed E-state index contributed by atoms with van der Waals surface area (Å²) in [4.78, 5) is 0. The van der Waals surface area contributed by atoms with Crippen molar-refractivity contribution in [3.05, 3.63) is 0 Å². The normalized spacial score (nSPS) is 35.3. The summed E-state index contributed by atoms with van der Waals surface area (Å²) < 4.78 is 0. The molecule has 0 amide bonds. The van der Waals surface area contributed by atoms with Gasteiger partial charge in [-0.1, -0.05) is 6.42 Å². The van der Waals surface area contributed by atoms with Gasteiger partial charge in [0.25, 0.3) is 0 Å². The third-order valence-electron chi connectivity index (χ3n) is 1.76. The van der Waals surface area contributed by atoms with Crippen molar-refractivity contribution in [2.24, 2.45) is 11.5 Å². The fraction of sp³-hybridized carbons (Fsp3) is 1.00. The maximum Gasteiger partial charge on any atom is 0.00535 e. The summed E-state index contributed by atoms with van der Waals surface area (Å²) in [5.41, 5.74) is 11.3. The van der Waals surface area contributed by atoms with Gasteiger partial charge < -0.3 is 11.5 Å². The second-order valence-corrected chi connectivity index (χ2v) is 2.69. The molecule has 1 rings (SSSR count). The fourth-order valence-electron chi connectivity index (χ4n) is 1.27. The smallest absolute Gasteiger partial charge is 0.00535 e. The highest BCUT2D eigenvalue weighted by molar-refractivity contribution is 5.85. The Hall–Kier alpha value is 0.210. The van der Waals surface area contributed by atoms with E-state index in [0.29, 0.717) is 12.1 Å². The summed E-state index contributed by atoms with van der Waals surface area (Å²) in [5, 5.41) is 0. The van der Waals surface area contributed by atoms with Gasteiger partial charge in [-0.25, -0.2) is 0 Å². The van der Waals surface area contributed by atoms with Crippen LogP contribution in [-0.4, -0.2) is 12.1 Å². The Morgan fingerprint density at radius 1 is 1.00 bits per heavy atom. The summed E-state index contributed by atoms with van der Waals surface area (Å²) in [5.74, 6) is 0. The molecule has 0 aromatic heterocycles. The molecule has 0 spiro atoms. The predicted molar refractivity (Wildman–Crippen MR) is 41.7 cm³/mol. The monoisotopic (exact) mass is 150 g/mol. The van der Waals surface area contributed by atoms with Gasteiger partial charge in [-0.3, -0.25) is 0 Å². The number of hydrogen-bond acceptors (Lipinski definition) is 2. The molecule has 0 bridgehead atoms. The van der Waals surface area contributed by atoms with E-state index in [0.717, 1.165) is 6.42 Å². The van der Waals surface area contributed by atoms with E-state index >= 15 is 0 Å². The summed E-state index contributed by atoms with van der Waals surface area (Å²) in [7, 11) is 0. The number of rotatable bonds is 0. The fourth-order valence-corrected chi connectivity index (χ4v) is 1.27. The van der Waals surface area contributed by atoms with Crippen LogP contribution in [0.2, 0.25) is 0 Å². The Kier molecular flexibility index (Phi) is 4.19. The molecule has 3 heteroatoms. The van der Waals surface area contributed by atoms with Crippen LogP contribution in [0.3, 0.4) is 0 Å². The summed E-state index contributed by atoms with van der Waals surface area (Å²) in [6.45, 7) is 0. The molecule has 0 saturated heterocycles. The van der Waals surface area contributed by atoms with E-state index in [1.807, 2.05) is 0 Å². The highest BCUT2D eigenvalue weighted by Gasteiger charge is 2.14. The van der Waals surface area contributed by atoms with Gasteiger partial charge in [0.05, 0.1) is 0 Å². The van der Waals surface area contributed by atoms with Crippen molar-refractivity contribution in [1.29, 1.82) is 0 Å². The molecule has 0 radical (unpaired) electrons. The molecular formula is C6H15ClN2. The highest BCUT2D eigenvalue weighted by Crippen LogP contribution is 2.14. The molecule has 0 heterocycles. The third-order valence-corrected chi connectivity index (χ3v) is 1.76. The molecule has 1 saturated carbocycles. The minimum Gasteiger partial charge on any atom is -0.328 e. The van der Waals surface area contributed by atoms with Crippen LogP contribution >= 0.6 is 12.4 Å².